The van der Waals surface area contributed by atoms with Crippen LogP contribution in [0, 0.1) is 19.7 Å². The molecule has 0 saturated heterocycles. The van der Waals surface area contributed by atoms with Crippen molar-refractivity contribution in [2.45, 2.75) is 32.7 Å². The standard InChI is InChI=1S/C17H20BrFN2/c1-11-3-4-13(7-12(11)2)8-16(21-20)9-14-5-6-15(18)10-17(14)19/h3-7,10,16,21H,8-9,20H2,1-2H3. The molecular formula is C17H20BrFN2. The van der Waals surface area contributed by atoms with Gasteiger partial charge in [-0.1, -0.05) is 40.2 Å². The predicted octanol–water partition coefficient (Wildman–Crippen LogP) is 3.82. The topological polar surface area (TPSA) is 38.0 Å². The van der Waals surface area contributed by atoms with Crippen LogP contribution in [0.4, 0.5) is 4.39 Å². The van der Waals surface area contributed by atoms with E-state index in [0.717, 1.165) is 10.9 Å². The predicted molar refractivity (Wildman–Crippen MR) is 88.5 cm³/mol. The van der Waals surface area contributed by atoms with Crippen molar-refractivity contribution in [3.8, 4) is 0 Å². The van der Waals surface area contributed by atoms with Crippen molar-refractivity contribution in [2.75, 3.05) is 0 Å². The molecular weight excluding hydrogens is 331 g/mol. The number of benzene rings is 2. The van der Waals surface area contributed by atoms with Gasteiger partial charge < -0.3 is 0 Å². The third kappa shape index (κ3) is 4.37. The van der Waals surface area contributed by atoms with Gasteiger partial charge in [-0.15, -0.1) is 0 Å². The molecule has 2 aromatic carbocycles. The Balaban J connectivity index is 2.10. The molecule has 3 N–H and O–H groups in total. The Kier molecular flexibility index (Phi) is 5.51. The third-order valence-corrected chi connectivity index (χ3v) is 4.26. The molecule has 2 aromatic rings. The Hall–Kier alpha value is -1.23. The summed E-state index contributed by atoms with van der Waals surface area (Å²) >= 11 is 3.27. The summed E-state index contributed by atoms with van der Waals surface area (Å²) in [5.74, 6) is 5.43. The monoisotopic (exact) mass is 350 g/mol. The fourth-order valence-corrected chi connectivity index (χ4v) is 2.69. The molecule has 4 heteroatoms. The van der Waals surface area contributed by atoms with Gasteiger partial charge in [0.05, 0.1) is 0 Å². The molecule has 1 unspecified atom stereocenters. The lowest BCUT2D eigenvalue weighted by Crippen LogP contribution is -2.38. The second-order valence-electron chi connectivity index (χ2n) is 5.43. The van der Waals surface area contributed by atoms with Crippen LogP contribution in [-0.4, -0.2) is 6.04 Å². The van der Waals surface area contributed by atoms with E-state index >= 15 is 0 Å². The first-order valence-corrected chi connectivity index (χ1v) is 7.75. The summed E-state index contributed by atoms with van der Waals surface area (Å²) < 4.78 is 14.6. The van der Waals surface area contributed by atoms with Crippen molar-refractivity contribution in [2.24, 2.45) is 5.84 Å². The minimum Gasteiger partial charge on any atom is -0.271 e. The molecule has 0 radical (unpaired) electrons. The van der Waals surface area contributed by atoms with E-state index in [-0.39, 0.29) is 11.9 Å². The highest BCUT2D eigenvalue weighted by atomic mass is 79.9. The van der Waals surface area contributed by atoms with E-state index in [1.165, 1.54) is 22.8 Å². The molecule has 1 atom stereocenters. The van der Waals surface area contributed by atoms with Crippen LogP contribution in [0.5, 0.6) is 0 Å². The van der Waals surface area contributed by atoms with Gasteiger partial charge in [0.1, 0.15) is 5.82 Å². The van der Waals surface area contributed by atoms with Crippen molar-refractivity contribution in [3.05, 3.63) is 68.9 Å². The first kappa shape index (κ1) is 16.1. The molecule has 2 nitrogen and oxygen atoms in total. The summed E-state index contributed by atoms with van der Waals surface area (Å²) in [7, 11) is 0. The molecule has 0 amide bonds. The average Bonchev–Trinajstić information content (AvgIpc) is 2.44. The van der Waals surface area contributed by atoms with Crippen molar-refractivity contribution >= 4 is 15.9 Å². The van der Waals surface area contributed by atoms with E-state index in [4.69, 9.17) is 5.84 Å². The smallest absolute Gasteiger partial charge is 0.127 e. The number of nitrogens with two attached hydrogens (primary N) is 1. The maximum absolute atomic E-state index is 13.9. The molecule has 2 rings (SSSR count). The van der Waals surface area contributed by atoms with Gasteiger partial charge in [-0.2, -0.15) is 0 Å². The second kappa shape index (κ2) is 7.16. The summed E-state index contributed by atoms with van der Waals surface area (Å²) in [5.41, 5.74) is 7.21. The molecule has 0 heterocycles. The number of nitrogens with one attached hydrogen (secondary N) is 1. The number of halogens is 2. The number of rotatable bonds is 5. The Morgan fingerprint density at radius 3 is 2.48 bits per heavy atom. The van der Waals surface area contributed by atoms with Crippen molar-refractivity contribution in [1.82, 2.24) is 5.43 Å². The zero-order valence-electron chi connectivity index (χ0n) is 12.3. The van der Waals surface area contributed by atoms with Crippen LogP contribution < -0.4 is 11.3 Å². The third-order valence-electron chi connectivity index (χ3n) is 3.77. The van der Waals surface area contributed by atoms with Crippen LogP contribution in [-0.2, 0) is 12.8 Å². The molecule has 0 aliphatic heterocycles. The highest BCUT2D eigenvalue weighted by molar-refractivity contribution is 9.10. The number of hydrogen-bond acceptors (Lipinski definition) is 2. The highest BCUT2D eigenvalue weighted by Gasteiger charge is 2.12. The van der Waals surface area contributed by atoms with Gasteiger partial charge in [-0.05, 0) is 61.1 Å². The lowest BCUT2D eigenvalue weighted by molar-refractivity contribution is 0.506. The van der Waals surface area contributed by atoms with Crippen LogP contribution in [0.2, 0.25) is 0 Å². The van der Waals surface area contributed by atoms with Gasteiger partial charge >= 0.3 is 0 Å². The highest BCUT2D eigenvalue weighted by Crippen LogP contribution is 2.18. The van der Waals surface area contributed by atoms with E-state index in [0.29, 0.717) is 12.0 Å². The van der Waals surface area contributed by atoms with Gasteiger partial charge in [-0.3, -0.25) is 11.3 Å². The maximum atomic E-state index is 13.9. The Bertz CT molecular complexity index is 628. The van der Waals surface area contributed by atoms with Gasteiger partial charge in [0, 0.05) is 10.5 Å². The van der Waals surface area contributed by atoms with Crippen molar-refractivity contribution in [3.63, 3.8) is 0 Å². The quantitative estimate of drug-likeness (QED) is 0.635. The summed E-state index contributed by atoms with van der Waals surface area (Å²) in [4.78, 5) is 0. The molecule has 0 aliphatic rings. The van der Waals surface area contributed by atoms with E-state index < -0.39 is 0 Å². The minimum absolute atomic E-state index is 0.00258. The summed E-state index contributed by atoms with van der Waals surface area (Å²) in [6, 6.07) is 11.5. The van der Waals surface area contributed by atoms with E-state index in [2.05, 4.69) is 53.4 Å². The van der Waals surface area contributed by atoms with Gasteiger partial charge in [-0.25, -0.2) is 4.39 Å². The van der Waals surface area contributed by atoms with Gasteiger partial charge in [0.2, 0.25) is 0 Å². The zero-order valence-corrected chi connectivity index (χ0v) is 13.9. The Labute approximate surface area is 133 Å². The largest absolute Gasteiger partial charge is 0.271 e. The average molecular weight is 351 g/mol. The SMILES string of the molecule is Cc1ccc(CC(Cc2ccc(Br)cc2F)NN)cc1C. The van der Waals surface area contributed by atoms with Crippen LogP contribution in [0.25, 0.3) is 0 Å². The Morgan fingerprint density at radius 1 is 1.10 bits per heavy atom. The number of hydrazine groups is 1. The fraction of sp³-hybridized carbons (Fsp3) is 0.294. The lowest BCUT2D eigenvalue weighted by atomic mass is 9.97. The molecule has 0 aliphatic carbocycles. The van der Waals surface area contributed by atoms with Crippen molar-refractivity contribution in [1.29, 1.82) is 0 Å². The fourth-order valence-electron chi connectivity index (χ4n) is 2.36. The molecule has 0 aromatic heterocycles. The molecule has 0 bridgehead atoms. The maximum Gasteiger partial charge on any atom is 0.127 e. The normalized spacial score (nSPS) is 12.4. The molecule has 0 saturated carbocycles. The molecule has 0 spiro atoms. The van der Waals surface area contributed by atoms with E-state index in [9.17, 15) is 4.39 Å². The molecule has 21 heavy (non-hydrogen) atoms. The summed E-state index contributed by atoms with van der Waals surface area (Å²) in [6.07, 6.45) is 1.33. The Morgan fingerprint density at radius 2 is 1.86 bits per heavy atom. The van der Waals surface area contributed by atoms with Gasteiger partial charge in [0.25, 0.3) is 0 Å². The second-order valence-corrected chi connectivity index (χ2v) is 6.34. The first-order chi connectivity index (χ1) is 9.99. The van der Waals surface area contributed by atoms with Crippen LogP contribution in [0.15, 0.2) is 40.9 Å². The minimum atomic E-state index is -0.204. The molecule has 112 valence electrons. The number of aryl methyl sites for hydroxylation is 2. The zero-order chi connectivity index (χ0) is 15.4. The van der Waals surface area contributed by atoms with Crippen LogP contribution in [0.3, 0.4) is 0 Å². The van der Waals surface area contributed by atoms with Crippen LogP contribution in [0.1, 0.15) is 22.3 Å². The number of hydrogen-bond donors (Lipinski definition) is 2. The summed E-state index contributed by atoms with van der Waals surface area (Å²) in [5, 5.41) is 0. The first-order valence-electron chi connectivity index (χ1n) is 6.95. The van der Waals surface area contributed by atoms with Gasteiger partial charge in [0.15, 0.2) is 0 Å². The van der Waals surface area contributed by atoms with Crippen molar-refractivity contribution < 1.29 is 4.39 Å². The van der Waals surface area contributed by atoms with E-state index in [1.54, 1.807) is 6.07 Å². The molecule has 0 fully saturated rings. The summed E-state index contributed by atoms with van der Waals surface area (Å²) in [6.45, 7) is 4.19. The van der Waals surface area contributed by atoms with Crippen LogP contribution >= 0.6 is 15.9 Å². The van der Waals surface area contributed by atoms with E-state index in [1.807, 2.05) is 6.07 Å². The lowest BCUT2D eigenvalue weighted by Gasteiger charge is -2.17.